The summed E-state index contributed by atoms with van der Waals surface area (Å²) in [7, 11) is 0. The lowest BCUT2D eigenvalue weighted by Crippen LogP contribution is -2.14. The molecule has 0 heterocycles. The highest BCUT2D eigenvalue weighted by atomic mass is 16.6. The van der Waals surface area contributed by atoms with Gasteiger partial charge in [-0.25, -0.2) is 0 Å². The molecule has 0 bridgehead atoms. The molecule has 0 spiro atoms. The Morgan fingerprint density at radius 2 is 1.00 bits per heavy atom. The van der Waals surface area contributed by atoms with Crippen molar-refractivity contribution >= 4 is 0 Å². The van der Waals surface area contributed by atoms with E-state index in [2.05, 4.69) is 20.8 Å². The van der Waals surface area contributed by atoms with Gasteiger partial charge in [-0.3, -0.25) is 0 Å². The zero-order valence-corrected chi connectivity index (χ0v) is 12.5. The van der Waals surface area contributed by atoms with E-state index in [1.807, 2.05) is 6.92 Å². The lowest BCUT2D eigenvalue weighted by Gasteiger charge is -2.17. The first-order chi connectivity index (χ1) is 8.56. The van der Waals surface area contributed by atoms with Crippen LogP contribution in [0.1, 0.15) is 34.1 Å². The second-order valence-corrected chi connectivity index (χ2v) is 5.34. The largest absolute Gasteiger partial charge is 0.379 e. The van der Waals surface area contributed by atoms with Crippen molar-refractivity contribution < 1.29 is 18.9 Å². The summed E-state index contributed by atoms with van der Waals surface area (Å²) in [6.07, 6.45) is 1.08. The summed E-state index contributed by atoms with van der Waals surface area (Å²) in [5.41, 5.74) is 0.343. The Labute approximate surface area is 112 Å². The van der Waals surface area contributed by atoms with E-state index in [1.165, 1.54) is 0 Å². The third kappa shape index (κ3) is 15.8. The average molecular weight is 262 g/mol. The summed E-state index contributed by atoms with van der Waals surface area (Å²) in [5.74, 6) is 0. The van der Waals surface area contributed by atoms with Crippen LogP contribution in [0.25, 0.3) is 0 Å². The monoisotopic (exact) mass is 262 g/mol. The molecule has 0 N–H and O–H groups in total. The number of hydrogen-bond acceptors (Lipinski definition) is 4. The van der Waals surface area contributed by atoms with Crippen molar-refractivity contribution in [3.63, 3.8) is 0 Å². The second kappa shape index (κ2) is 11.9. The average Bonchev–Trinajstić information content (AvgIpc) is 2.29. The van der Waals surface area contributed by atoms with Crippen LogP contribution in [0.2, 0.25) is 0 Å². The van der Waals surface area contributed by atoms with Crippen molar-refractivity contribution in [2.75, 3.05) is 52.9 Å². The maximum absolute atomic E-state index is 5.48. The molecule has 4 heteroatoms. The molecule has 0 amide bonds. The van der Waals surface area contributed by atoms with E-state index in [9.17, 15) is 0 Å². The Morgan fingerprint density at radius 3 is 1.39 bits per heavy atom. The van der Waals surface area contributed by atoms with Gasteiger partial charge >= 0.3 is 0 Å². The van der Waals surface area contributed by atoms with E-state index >= 15 is 0 Å². The zero-order valence-electron chi connectivity index (χ0n) is 12.5. The van der Waals surface area contributed by atoms with E-state index in [4.69, 9.17) is 18.9 Å². The molecule has 0 saturated heterocycles. The van der Waals surface area contributed by atoms with Crippen LogP contribution in [-0.2, 0) is 18.9 Å². The predicted octanol–water partition coefficient (Wildman–Crippen LogP) is 2.51. The Morgan fingerprint density at radius 1 is 0.611 bits per heavy atom. The third-order valence-electron chi connectivity index (χ3n) is 2.32. The zero-order chi connectivity index (χ0) is 13.7. The summed E-state index contributed by atoms with van der Waals surface area (Å²) >= 11 is 0. The first-order valence-electron chi connectivity index (χ1n) is 6.87. The summed E-state index contributed by atoms with van der Waals surface area (Å²) in [6, 6.07) is 0. The predicted molar refractivity (Wildman–Crippen MR) is 73.0 cm³/mol. The quantitative estimate of drug-likeness (QED) is 0.506. The van der Waals surface area contributed by atoms with Gasteiger partial charge in [0.2, 0.25) is 0 Å². The topological polar surface area (TPSA) is 36.9 Å². The van der Waals surface area contributed by atoms with E-state index in [-0.39, 0.29) is 0 Å². The van der Waals surface area contributed by atoms with Gasteiger partial charge in [-0.15, -0.1) is 0 Å². The minimum absolute atomic E-state index is 0.343. The van der Waals surface area contributed by atoms with E-state index in [1.54, 1.807) is 0 Å². The molecule has 0 aliphatic rings. The highest BCUT2D eigenvalue weighted by molar-refractivity contribution is 4.59. The Bertz CT molecular complexity index is 166. The molecule has 0 radical (unpaired) electrons. The first-order valence-corrected chi connectivity index (χ1v) is 6.87. The molecule has 0 atom stereocenters. The number of ether oxygens (including phenoxy) is 4. The van der Waals surface area contributed by atoms with Crippen LogP contribution in [0.15, 0.2) is 0 Å². The molecule has 110 valence electrons. The van der Waals surface area contributed by atoms with Gasteiger partial charge in [-0.2, -0.15) is 0 Å². The van der Waals surface area contributed by atoms with Crippen molar-refractivity contribution in [3.8, 4) is 0 Å². The Kier molecular flexibility index (Phi) is 11.8. The minimum atomic E-state index is 0.343. The fourth-order valence-corrected chi connectivity index (χ4v) is 1.18. The number of hydrogen-bond donors (Lipinski definition) is 0. The molecule has 0 unspecified atom stereocenters. The lowest BCUT2D eigenvalue weighted by atomic mass is 9.93. The van der Waals surface area contributed by atoms with Gasteiger partial charge in [0.05, 0.1) is 39.6 Å². The van der Waals surface area contributed by atoms with Crippen molar-refractivity contribution in [3.05, 3.63) is 0 Å². The van der Waals surface area contributed by atoms with Gasteiger partial charge in [-0.1, -0.05) is 20.8 Å². The van der Waals surface area contributed by atoms with Crippen molar-refractivity contribution in [2.24, 2.45) is 5.41 Å². The second-order valence-electron chi connectivity index (χ2n) is 5.34. The summed E-state index contributed by atoms with van der Waals surface area (Å²) < 4.78 is 21.3. The molecular formula is C14H30O4. The SMILES string of the molecule is CCOCCOCCOCCOCCC(C)(C)C. The molecule has 0 rings (SSSR count). The highest BCUT2D eigenvalue weighted by Crippen LogP contribution is 2.17. The maximum atomic E-state index is 5.48. The van der Waals surface area contributed by atoms with Gasteiger partial charge in [0.15, 0.2) is 0 Å². The first kappa shape index (κ1) is 17.8. The van der Waals surface area contributed by atoms with E-state index < -0.39 is 0 Å². The van der Waals surface area contributed by atoms with Crippen LogP contribution in [0.5, 0.6) is 0 Å². The van der Waals surface area contributed by atoms with Gasteiger partial charge in [0.25, 0.3) is 0 Å². The van der Waals surface area contributed by atoms with Gasteiger partial charge in [0.1, 0.15) is 0 Å². The standard InChI is InChI=1S/C14H30O4/c1-5-15-8-9-17-12-13-18-11-10-16-7-6-14(2,3)4/h5-13H2,1-4H3. The van der Waals surface area contributed by atoms with Crippen LogP contribution in [0, 0.1) is 5.41 Å². The summed E-state index contributed by atoms with van der Waals surface area (Å²) in [6.45, 7) is 14.0. The Balaban J connectivity index is 2.99. The van der Waals surface area contributed by atoms with Crippen molar-refractivity contribution in [1.82, 2.24) is 0 Å². The third-order valence-corrected chi connectivity index (χ3v) is 2.32. The van der Waals surface area contributed by atoms with E-state index in [0.29, 0.717) is 45.1 Å². The molecule has 0 aromatic carbocycles. The lowest BCUT2D eigenvalue weighted by molar-refractivity contribution is -0.00285. The van der Waals surface area contributed by atoms with Crippen molar-refractivity contribution in [1.29, 1.82) is 0 Å². The van der Waals surface area contributed by atoms with Crippen molar-refractivity contribution in [2.45, 2.75) is 34.1 Å². The minimum Gasteiger partial charge on any atom is -0.379 e. The molecule has 4 nitrogen and oxygen atoms in total. The molecular weight excluding hydrogens is 232 g/mol. The Hall–Kier alpha value is -0.160. The molecule has 0 fully saturated rings. The molecule has 0 saturated carbocycles. The van der Waals surface area contributed by atoms with Crippen LogP contribution in [0.3, 0.4) is 0 Å². The smallest absolute Gasteiger partial charge is 0.0701 e. The molecule has 0 aromatic heterocycles. The van der Waals surface area contributed by atoms with Crippen LogP contribution in [-0.4, -0.2) is 52.9 Å². The van der Waals surface area contributed by atoms with E-state index in [0.717, 1.165) is 19.6 Å². The van der Waals surface area contributed by atoms with Crippen LogP contribution in [0.4, 0.5) is 0 Å². The summed E-state index contributed by atoms with van der Waals surface area (Å²) in [5, 5.41) is 0. The number of rotatable bonds is 12. The fourth-order valence-electron chi connectivity index (χ4n) is 1.18. The van der Waals surface area contributed by atoms with Crippen LogP contribution >= 0.6 is 0 Å². The molecule has 0 aromatic rings. The van der Waals surface area contributed by atoms with Gasteiger partial charge in [0, 0.05) is 13.2 Å². The van der Waals surface area contributed by atoms with Gasteiger partial charge in [-0.05, 0) is 18.8 Å². The normalized spacial score (nSPS) is 12.0. The summed E-state index contributed by atoms with van der Waals surface area (Å²) in [4.78, 5) is 0. The molecule has 18 heavy (non-hydrogen) atoms. The fraction of sp³-hybridized carbons (Fsp3) is 1.00. The van der Waals surface area contributed by atoms with Crippen LogP contribution < -0.4 is 0 Å². The van der Waals surface area contributed by atoms with Gasteiger partial charge < -0.3 is 18.9 Å². The molecule has 0 aliphatic heterocycles. The molecule has 0 aliphatic carbocycles. The maximum Gasteiger partial charge on any atom is 0.0701 e. The highest BCUT2D eigenvalue weighted by Gasteiger charge is 2.08.